The molecule has 0 aromatic rings. The van der Waals surface area contributed by atoms with Gasteiger partial charge in [0.1, 0.15) is 0 Å². The van der Waals surface area contributed by atoms with Gasteiger partial charge in [-0.2, -0.15) is 0 Å². The second-order valence-corrected chi connectivity index (χ2v) is 3.82. The summed E-state index contributed by atoms with van der Waals surface area (Å²) in [5.74, 6) is 0. The van der Waals surface area contributed by atoms with Crippen LogP contribution in [0.15, 0.2) is 0 Å². The van der Waals surface area contributed by atoms with E-state index in [4.69, 9.17) is 14.6 Å². The fourth-order valence-electron chi connectivity index (χ4n) is 1.22. The van der Waals surface area contributed by atoms with Crippen molar-refractivity contribution in [1.82, 2.24) is 0 Å². The van der Waals surface area contributed by atoms with Crippen LogP contribution in [0.3, 0.4) is 0 Å². The minimum atomic E-state index is -0.845. The van der Waals surface area contributed by atoms with Gasteiger partial charge in [0.05, 0.1) is 18.8 Å². The van der Waals surface area contributed by atoms with Crippen LogP contribution in [0.25, 0.3) is 0 Å². The zero-order valence-corrected chi connectivity index (χ0v) is 8.32. The molecule has 0 amide bonds. The minimum Gasteiger partial charge on any atom is -0.393 e. The van der Waals surface area contributed by atoms with Gasteiger partial charge >= 0.3 is 0 Å². The van der Waals surface area contributed by atoms with Gasteiger partial charge in [-0.1, -0.05) is 6.30 Å². The summed E-state index contributed by atoms with van der Waals surface area (Å²) in [5, 5.41) is 18.3. The first-order valence-electron chi connectivity index (χ1n) is 4.27. The molecule has 5 heteroatoms. The standard InChI is InChI=1S/C8H15O4P/c1-13-8(10)12-5-7-4-6(9)2-3-11-7/h6-10H,1-5H2. The molecular formula is C8H15O4P. The second kappa shape index (κ2) is 5.68. The highest BCUT2D eigenvalue weighted by Gasteiger charge is 2.21. The van der Waals surface area contributed by atoms with Crippen molar-refractivity contribution in [2.24, 2.45) is 0 Å². The van der Waals surface area contributed by atoms with E-state index < -0.39 is 6.03 Å². The molecule has 0 bridgehead atoms. The lowest BCUT2D eigenvalue weighted by atomic mass is 10.1. The molecule has 13 heavy (non-hydrogen) atoms. The molecule has 0 spiro atoms. The summed E-state index contributed by atoms with van der Waals surface area (Å²) in [7, 11) is 0.546. The van der Waals surface area contributed by atoms with Crippen LogP contribution in [-0.4, -0.2) is 48.0 Å². The SMILES string of the molecule is C=PC(O)OCC1CC(O)CCO1. The van der Waals surface area contributed by atoms with Crippen LogP contribution >= 0.6 is 8.20 Å². The molecule has 0 radical (unpaired) electrons. The van der Waals surface area contributed by atoms with Gasteiger partial charge in [-0.15, -0.1) is 0 Å². The average Bonchev–Trinajstić information content (AvgIpc) is 2.14. The van der Waals surface area contributed by atoms with Crippen LogP contribution in [0, 0.1) is 0 Å². The van der Waals surface area contributed by atoms with E-state index in [-0.39, 0.29) is 12.2 Å². The number of rotatable bonds is 4. The maximum atomic E-state index is 9.29. The number of ether oxygens (including phenoxy) is 2. The zero-order valence-electron chi connectivity index (χ0n) is 7.43. The van der Waals surface area contributed by atoms with Crippen LogP contribution in [0.2, 0.25) is 0 Å². The summed E-state index contributed by atoms with van der Waals surface area (Å²) < 4.78 is 10.3. The van der Waals surface area contributed by atoms with Crippen molar-refractivity contribution in [1.29, 1.82) is 0 Å². The monoisotopic (exact) mass is 206 g/mol. The molecule has 1 aliphatic rings. The Kier molecular flexibility index (Phi) is 4.84. The summed E-state index contributed by atoms with van der Waals surface area (Å²) in [6, 6.07) is -0.845. The fraction of sp³-hybridized carbons (Fsp3) is 0.875. The largest absolute Gasteiger partial charge is 0.393 e. The van der Waals surface area contributed by atoms with Gasteiger partial charge in [0.2, 0.25) is 0 Å². The number of hydrogen-bond donors (Lipinski definition) is 2. The molecule has 1 rings (SSSR count). The topological polar surface area (TPSA) is 58.9 Å². The van der Waals surface area contributed by atoms with Gasteiger partial charge in [-0.25, -0.2) is 0 Å². The number of aliphatic hydroxyl groups excluding tert-OH is 2. The van der Waals surface area contributed by atoms with E-state index in [2.05, 4.69) is 6.30 Å². The van der Waals surface area contributed by atoms with Gasteiger partial charge in [0, 0.05) is 13.0 Å². The van der Waals surface area contributed by atoms with Crippen LogP contribution in [0.5, 0.6) is 0 Å². The van der Waals surface area contributed by atoms with Crippen molar-refractivity contribution in [3.8, 4) is 0 Å². The molecule has 0 saturated carbocycles. The number of aliphatic hydroxyl groups is 2. The fourth-order valence-corrected chi connectivity index (χ4v) is 1.41. The smallest absolute Gasteiger partial charge is 0.197 e. The van der Waals surface area contributed by atoms with E-state index in [1.54, 1.807) is 0 Å². The predicted molar refractivity (Wildman–Crippen MR) is 51.0 cm³/mol. The normalized spacial score (nSPS) is 31.8. The van der Waals surface area contributed by atoms with E-state index in [9.17, 15) is 5.11 Å². The van der Waals surface area contributed by atoms with Crippen molar-refractivity contribution in [3.05, 3.63) is 0 Å². The van der Waals surface area contributed by atoms with E-state index in [0.29, 0.717) is 34.3 Å². The average molecular weight is 206 g/mol. The first-order chi connectivity index (χ1) is 6.22. The van der Waals surface area contributed by atoms with Crippen molar-refractivity contribution < 1.29 is 19.7 Å². The quantitative estimate of drug-likeness (QED) is 0.509. The van der Waals surface area contributed by atoms with Gasteiger partial charge < -0.3 is 19.7 Å². The van der Waals surface area contributed by atoms with Gasteiger partial charge in [0.25, 0.3) is 0 Å². The molecule has 3 unspecified atom stereocenters. The maximum absolute atomic E-state index is 9.29. The Morgan fingerprint density at radius 3 is 3.08 bits per heavy atom. The van der Waals surface area contributed by atoms with Gasteiger partial charge in [-0.3, -0.25) is 0 Å². The Labute approximate surface area is 79.3 Å². The molecule has 0 aliphatic carbocycles. The molecule has 0 aromatic carbocycles. The third-order valence-electron chi connectivity index (χ3n) is 1.93. The molecule has 1 saturated heterocycles. The van der Waals surface area contributed by atoms with Crippen molar-refractivity contribution in [2.75, 3.05) is 13.2 Å². The third-order valence-corrected chi connectivity index (χ3v) is 2.39. The highest BCUT2D eigenvalue weighted by molar-refractivity contribution is 7.36. The van der Waals surface area contributed by atoms with Crippen molar-refractivity contribution in [2.45, 2.75) is 31.1 Å². The summed E-state index contributed by atoms with van der Waals surface area (Å²) in [5.41, 5.74) is 0. The molecule has 1 aliphatic heterocycles. The van der Waals surface area contributed by atoms with Crippen LogP contribution in [0.1, 0.15) is 12.8 Å². The molecule has 3 atom stereocenters. The zero-order chi connectivity index (χ0) is 9.68. The summed E-state index contributed by atoms with van der Waals surface area (Å²) >= 11 is 0. The first-order valence-corrected chi connectivity index (χ1v) is 5.42. The predicted octanol–water partition coefficient (Wildman–Crippen LogP) is 0.197. The molecule has 76 valence electrons. The van der Waals surface area contributed by atoms with Crippen molar-refractivity contribution in [3.63, 3.8) is 0 Å². The maximum Gasteiger partial charge on any atom is 0.197 e. The lowest BCUT2D eigenvalue weighted by Crippen LogP contribution is -2.33. The van der Waals surface area contributed by atoms with Crippen LogP contribution < -0.4 is 0 Å². The summed E-state index contributed by atoms with van der Waals surface area (Å²) in [6.45, 7) is 0.883. The van der Waals surface area contributed by atoms with Gasteiger partial charge in [-0.05, 0) is 14.6 Å². The van der Waals surface area contributed by atoms with E-state index >= 15 is 0 Å². The Bertz CT molecular complexity index is 164. The van der Waals surface area contributed by atoms with E-state index in [0.717, 1.165) is 0 Å². The van der Waals surface area contributed by atoms with Gasteiger partial charge in [0.15, 0.2) is 6.03 Å². The van der Waals surface area contributed by atoms with Crippen LogP contribution in [-0.2, 0) is 9.47 Å². The number of hydrogen-bond acceptors (Lipinski definition) is 4. The Hall–Kier alpha value is 0.01000. The Balaban J connectivity index is 2.16. The lowest BCUT2D eigenvalue weighted by molar-refractivity contribution is -0.114. The molecule has 0 aromatic heterocycles. The molecule has 4 nitrogen and oxygen atoms in total. The molecule has 1 heterocycles. The van der Waals surface area contributed by atoms with E-state index in [1.165, 1.54) is 0 Å². The second-order valence-electron chi connectivity index (χ2n) is 3.01. The van der Waals surface area contributed by atoms with E-state index in [1.807, 2.05) is 0 Å². The third kappa shape index (κ3) is 4.16. The van der Waals surface area contributed by atoms with Crippen LogP contribution in [0.4, 0.5) is 0 Å². The highest BCUT2D eigenvalue weighted by Crippen LogP contribution is 2.15. The Morgan fingerprint density at radius 1 is 1.69 bits per heavy atom. The molecule has 1 fully saturated rings. The molecular weight excluding hydrogens is 191 g/mol. The molecule has 2 N–H and O–H groups in total. The highest BCUT2D eigenvalue weighted by atomic mass is 31.1. The summed E-state index contributed by atoms with van der Waals surface area (Å²) in [4.78, 5) is 0. The first kappa shape index (κ1) is 11.1. The Morgan fingerprint density at radius 2 is 2.46 bits per heavy atom. The summed E-state index contributed by atoms with van der Waals surface area (Å²) in [6.07, 6.45) is 4.35. The van der Waals surface area contributed by atoms with Crippen molar-refractivity contribution >= 4 is 14.5 Å². The lowest BCUT2D eigenvalue weighted by Gasteiger charge is -2.26. The minimum absolute atomic E-state index is 0.0971.